The zero-order valence-corrected chi connectivity index (χ0v) is 7.69. The lowest BCUT2D eigenvalue weighted by Gasteiger charge is -2.01. The van der Waals surface area contributed by atoms with Gasteiger partial charge in [-0.25, -0.2) is 0 Å². The Balaban J connectivity index is 3.29. The molecule has 1 rings (SSSR count). The fourth-order valence-corrected chi connectivity index (χ4v) is 1.13. The van der Waals surface area contributed by atoms with E-state index in [9.17, 15) is 14.9 Å². The quantitative estimate of drug-likeness (QED) is 0.308. The van der Waals surface area contributed by atoms with E-state index in [1.807, 2.05) is 0 Å². The van der Waals surface area contributed by atoms with Gasteiger partial charge in [0.15, 0.2) is 5.78 Å². The highest BCUT2D eigenvalue weighted by molar-refractivity contribution is 6.32. The molecule has 0 saturated carbocycles. The van der Waals surface area contributed by atoms with Gasteiger partial charge in [-0.2, -0.15) is 0 Å². The Labute approximate surface area is 82.5 Å². The summed E-state index contributed by atoms with van der Waals surface area (Å²) in [6.07, 6.45) is 0.226. The van der Waals surface area contributed by atoms with Crippen molar-refractivity contribution in [3.05, 3.63) is 33.9 Å². The molecular weight excluding hydrogens is 181 g/mol. The molecule has 70 valence electrons. The lowest BCUT2D eigenvalue weighted by atomic mass is 9.92. The Morgan fingerprint density at radius 2 is 2.21 bits per heavy atom. The first-order valence-corrected chi connectivity index (χ1v) is 4.13. The van der Waals surface area contributed by atoms with Gasteiger partial charge in [-0.3, -0.25) is 14.9 Å². The SMILES string of the molecule is [B]c1ccc([N+](=O)[O-])c(C(=O)CC)c1. The summed E-state index contributed by atoms with van der Waals surface area (Å²) >= 11 is 0. The van der Waals surface area contributed by atoms with Crippen molar-refractivity contribution in [2.24, 2.45) is 0 Å². The summed E-state index contributed by atoms with van der Waals surface area (Å²) in [6.45, 7) is 1.65. The van der Waals surface area contributed by atoms with Crippen LogP contribution in [-0.4, -0.2) is 18.6 Å². The highest BCUT2D eigenvalue weighted by Gasteiger charge is 2.17. The summed E-state index contributed by atoms with van der Waals surface area (Å²) in [4.78, 5) is 21.3. The molecule has 4 nitrogen and oxygen atoms in total. The minimum Gasteiger partial charge on any atom is -0.294 e. The number of ketones is 1. The van der Waals surface area contributed by atoms with Crippen LogP contribution in [0.4, 0.5) is 5.69 Å². The molecule has 0 fully saturated rings. The van der Waals surface area contributed by atoms with Crippen molar-refractivity contribution >= 4 is 24.8 Å². The summed E-state index contributed by atoms with van der Waals surface area (Å²) in [5, 5.41) is 10.6. The molecule has 14 heavy (non-hydrogen) atoms. The molecule has 0 saturated heterocycles. The largest absolute Gasteiger partial charge is 0.294 e. The monoisotopic (exact) mass is 189 g/mol. The van der Waals surface area contributed by atoms with Gasteiger partial charge in [0.25, 0.3) is 5.69 Å². The van der Waals surface area contributed by atoms with E-state index in [-0.39, 0.29) is 23.5 Å². The number of benzene rings is 1. The van der Waals surface area contributed by atoms with Crippen molar-refractivity contribution in [1.29, 1.82) is 0 Å². The van der Waals surface area contributed by atoms with E-state index in [2.05, 4.69) is 0 Å². The second-order valence-electron chi connectivity index (χ2n) is 2.81. The number of Topliss-reactive ketones (excluding diaryl/α,β-unsaturated/α-hetero) is 1. The molecule has 1 aromatic carbocycles. The van der Waals surface area contributed by atoms with Crippen molar-refractivity contribution in [3.63, 3.8) is 0 Å². The predicted octanol–water partition coefficient (Wildman–Crippen LogP) is 0.981. The van der Waals surface area contributed by atoms with Gasteiger partial charge in [-0.05, 0) is 0 Å². The van der Waals surface area contributed by atoms with E-state index in [4.69, 9.17) is 7.85 Å². The van der Waals surface area contributed by atoms with Gasteiger partial charge in [0.05, 0.1) is 10.5 Å². The highest BCUT2D eigenvalue weighted by Crippen LogP contribution is 2.17. The smallest absolute Gasteiger partial charge is 0.280 e. The summed E-state index contributed by atoms with van der Waals surface area (Å²) in [5.74, 6) is -0.274. The average molecular weight is 189 g/mol. The summed E-state index contributed by atoms with van der Waals surface area (Å²) in [6, 6.07) is 3.99. The molecule has 0 unspecified atom stereocenters. The van der Waals surface area contributed by atoms with Gasteiger partial charge < -0.3 is 0 Å². The Morgan fingerprint density at radius 3 is 2.71 bits per heavy atom. The van der Waals surface area contributed by atoms with Crippen LogP contribution in [0.2, 0.25) is 0 Å². The number of carbonyl (C=O) groups is 1. The number of rotatable bonds is 3. The first-order chi connectivity index (χ1) is 6.56. The van der Waals surface area contributed by atoms with Crippen molar-refractivity contribution in [1.82, 2.24) is 0 Å². The van der Waals surface area contributed by atoms with Crippen LogP contribution >= 0.6 is 0 Å². The van der Waals surface area contributed by atoms with Crippen LogP contribution in [0.1, 0.15) is 23.7 Å². The van der Waals surface area contributed by atoms with Crippen molar-refractivity contribution in [2.45, 2.75) is 13.3 Å². The van der Waals surface area contributed by atoms with E-state index in [0.717, 1.165) is 0 Å². The van der Waals surface area contributed by atoms with Gasteiger partial charge >= 0.3 is 0 Å². The summed E-state index contributed by atoms with van der Waals surface area (Å²) in [5.41, 5.74) is 0.246. The normalized spacial score (nSPS) is 9.79. The zero-order chi connectivity index (χ0) is 10.7. The van der Waals surface area contributed by atoms with Crippen LogP contribution < -0.4 is 5.46 Å². The van der Waals surface area contributed by atoms with Gasteiger partial charge in [0.1, 0.15) is 7.85 Å². The highest BCUT2D eigenvalue weighted by atomic mass is 16.6. The third-order valence-electron chi connectivity index (χ3n) is 1.84. The molecule has 0 atom stereocenters. The maximum atomic E-state index is 11.3. The number of nitro benzene ring substituents is 1. The Hall–Kier alpha value is -1.65. The Bertz CT molecular complexity index is 390. The van der Waals surface area contributed by atoms with Crippen LogP contribution in [0, 0.1) is 10.1 Å². The first-order valence-electron chi connectivity index (χ1n) is 4.13. The summed E-state index contributed by atoms with van der Waals surface area (Å²) < 4.78 is 0. The molecule has 5 heteroatoms. The van der Waals surface area contributed by atoms with Crippen LogP contribution in [0.15, 0.2) is 18.2 Å². The van der Waals surface area contributed by atoms with E-state index in [1.54, 1.807) is 6.92 Å². The van der Waals surface area contributed by atoms with Crippen LogP contribution in [0.3, 0.4) is 0 Å². The molecule has 1 aromatic rings. The number of hydrogen-bond donors (Lipinski definition) is 0. The minimum absolute atomic E-state index is 0.0810. The fraction of sp³-hybridized carbons (Fsp3) is 0.222. The van der Waals surface area contributed by atoms with Crippen molar-refractivity contribution in [3.8, 4) is 0 Å². The second-order valence-corrected chi connectivity index (χ2v) is 2.81. The van der Waals surface area contributed by atoms with E-state index >= 15 is 0 Å². The molecular formula is C9H8BNO3. The van der Waals surface area contributed by atoms with Crippen LogP contribution in [0.5, 0.6) is 0 Å². The van der Waals surface area contributed by atoms with Crippen LogP contribution in [0.25, 0.3) is 0 Å². The van der Waals surface area contributed by atoms with Gasteiger partial charge in [-0.15, -0.1) is 0 Å². The second kappa shape index (κ2) is 4.04. The molecule has 0 spiro atoms. The molecule has 0 aromatic heterocycles. The third kappa shape index (κ3) is 1.99. The molecule has 0 amide bonds. The number of carbonyl (C=O) groups excluding carboxylic acids is 1. The molecule has 0 N–H and O–H groups in total. The van der Waals surface area contributed by atoms with Gasteiger partial charge in [0.2, 0.25) is 0 Å². The molecule has 0 aliphatic carbocycles. The standard InChI is InChI=1S/C9H8BNO3/c1-2-9(12)7-5-6(10)3-4-8(7)11(13)14/h3-5H,2H2,1H3. The van der Waals surface area contributed by atoms with Gasteiger partial charge in [-0.1, -0.05) is 24.5 Å². The first kappa shape index (κ1) is 10.4. The van der Waals surface area contributed by atoms with Crippen molar-refractivity contribution < 1.29 is 9.72 Å². The summed E-state index contributed by atoms with van der Waals surface area (Å²) in [7, 11) is 5.45. The third-order valence-corrected chi connectivity index (χ3v) is 1.84. The molecule has 0 aliphatic heterocycles. The topological polar surface area (TPSA) is 60.2 Å². The fourth-order valence-electron chi connectivity index (χ4n) is 1.13. The predicted molar refractivity (Wildman–Crippen MR) is 53.1 cm³/mol. The van der Waals surface area contributed by atoms with E-state index in [0.29, 0.717) is 5.46 Å². The molecule has 0 aliphatic rings. The number of hydrogen-bond acceptors (Lipinski definition) is 3. The average Bonchev–Trinajstić information content (AvgIpc) is 2.16. The number of nitrogens with zero attached hydrogens (tertiary/aromatic N) is 1. The minimum atomic E-state index is -0.581. The lowest BCUT2D eigenvalue weighted by Crippen LogP contribution is -2.09. The zero-order valence-electron chi connectivity index (χ0n) is 7.69. The Morgan fingerprint density at radius 1 is 1.57 bits per heavy atom. The van der Waals surface area contributed by atoms with Gasteiger partial charge in [0, 0.05) is 12.5 Å². The lowest BCUT2D eigenvalue weighted by molar-refractivity contribution is -0.385. The maximum Gasteiger partial charge on any atom is 0.280 e. The van der Waals surface area contributed by atoms with E-state index < -0.39 is 4.92 Å². The van der Waals surface area contributed by atoms with E-state index in [1.165, 1.54) is 18.2 Å². The molecule has 2 radical (unpaired) electrons. The number of nitro groups is 1. The molecule has 0 heterocycles. The molecule has 0 bridgehead atoms. The maximum absolute atomic E-state index is 11.3. The van der Waals surface area contributed by atoms with Crippen molar-refractivity contribution in [2.75, 3.05) is 0 Å². The van der Waals surface area contributed by atoms with Crippen LogP contribution in [-0.2, 0) is 0 Å². The Kier molecular flexibility index (Phi) is 3.01.